The lowest BCUT2D eigenvalue weighted by molar-refractivity contribution is -0.148. The largest absolute Gasteiger partial charge is 0.467 e. The second-order valence-corrected chi connectivity index (χ2v) is 8.77. The number of hydrogen-bond donors (Lipinski definition) is 0. The highest BCUT2D eigenvalue weighted by Crippen LogP contribution is 2.35. The standard InChI is InChI=1S/C20H18BrClN2O4S/c1-10-7-13(11(2)23(10)14-5-6-15(21)16(22)9-14)8-17-18(25)24(20(27)29-17)12(3)19(26)28-4/h5-9,12H,1-4H3/b17-8+/t12-/m0/s1. The number of benzene rings is 1. The summed E-state index contributed by atoms with van der Waals surface area (Å²) >= 11 is 10.4. The first-order valence-electron chi connectivity index (χ1n) is 8.65. The topological polar surface area (TPSA) is 68.6 Å². The highest BCUT2D eigenvalue weighted by molar-refractivity contribution is 9.10. The molecule has 2 amide bonds. The van der Waals surface area contributed by atoms with Crippen LogP contribution in [0.4, 0.5) is 4.79 Å². The molecule has 29 heavy (non-hydrogen) atoms. The number of esters is 1. The van der Waals surface area contributed by atoms with E-state index in [4.69, 9.17) is 11.6 Å². The van der Waals surface area contributed by atoms with E-state index in [1.165, 1.54) is 14.0 Å². The van der Waals surface area contributed by atoms with E-state index >= 15 is 0 Å². The van der Waals surface area contributed by atoms with Gasteiger partial charge in [-0.1, -0.05) is 11.6 Å². The van der Waals surface area contributed by atoms with Gasteiger partial charge in [-0.2, -0.15) is 0 Å². The molecule has 0 saturated carbocycles. The average molecular weight is 498 g/mol. The van der Waals surface area contributed by atoms with Gasteiger partial charge in [-0.3, -0.25) is 14.5 Å². The smallest absolute Gasteiger partial charge is 0.328 e. The fraction of sp³-hybridized carbons (Fsp3) is 0.250. The number of methoxy groups -OCH3 is 1. The average Bonchev–Trinajstić information content (AvgIpc) is 3.11. The van der Waals surface area contributed by atoms with Gasteiger partial charge in [0.05, 0.1) is 17.0 Å². The lowest BCUT2D eigenvalue weighted by Crippen LogP contribution is -2.42. The molecular weight excluding hydrogens is 480 g/mol. The van der Waals surface area contributed by atoms with E-state index in [-0.39, 0.29) is 4.91 Å². The van der Waals surface area contributed by atoms with E-state index in [0.29, 0.717) is 5.02 Å². The second-order valence-electron chi connectivity index (χ2n) is 6.51. The van der Waals surface area contributed by atoms with Gasteiger partial charge >= 0.3 is 5.97 Å². The van der Waals surface area contributed by atoms with Crippen molar-refractivity contribution in [2.45, 2.75) is 26.8 Å². The van der Waals surface area contributed by atoms with Crippen molar-refractivity contribution in [2.24, 2.45) is 0 Å². The molecule has 9 heteroatoms. The van der Waals surface area contributed by atoms with E-state index in [1.807, 2.05) is 42.7 Å². The van der Waals surface area contributed by atoms with Gasteiger partial charge in [0.1, 0.15) is 6.04 Å². The quantitative estimate of drug-likeness (QED) is 0.434. The molecule has 2 heterocycles. The summed E-state index contributed by atoms with van der Waals surface area (Å²) in [5.74, 6) is -1.15. The predicted molar refractivity (Wildman–Crippen MR) is 117 cm³/mol. The molecule has 1 atom stereocenters. The van der Waals surface area contributed by atoms with Gasteiger partial charge in [-0.05, 0) is 84.4 Å². The molecule has 1 aromatic carbocycles. The molecule has 1 aliphatic heterocycles. The highest BCUT2D eigenvalue weighted by Gasteiger charge is 2.41. The van der Waals surface area contributed by atoms with Crippen molar-refractivity contribution >= 4 is 62.5 Å². The first-order valence-corrected chi connectivity index (χ1v) is 10.6. The minimum absolute atomic E-state index is 0.264. The number of imide groups is 1. The van der Waals surface area contributed by atoms with Crippen LogP contribution in [0.3, 0.4) is 0 Å². The third-order valence-electron chi connectivity index (χ3n) is 4.67. The van der Waals surface area contributed by atoms with E-state index in [2.05, 4.69) is 20.7 Å². The number of carbonyl (C=O) groups is 3. The van der Waals surface area contributed by atoms with Crippen molar-refractivity contribution in [3.05, 3.63) is 55.6 Å². The van der Waals surface area contributed by atoms with Crippen molar-refractivity contribution < 1.29 is 19.1 Å². The number of aromatic nitrogens is 1. The van der Waals surface area contributed by atoms with E-state index < -0.39 is 23.2 Å². The van der Waals surface area contributed by atoms with Crippen LogP contribution in [0.2, 0.25) is 5.02 Å². The van der Waals surface area contributed by atoms with Crippen LogP contribution >= 0.6 is 39.3 Å². The van der Waals surface area contributed by atoms with E-state index in [9.17, 15) is 14.4 Å². The lowest BCUT2D eigenvalue weighted by atomic mass is 10.2. The molecule has 3 rings (SSSR count). The van der Waals surface area contributed by atoms with Crippen molar-refractivity contribution in [1.82, 2.24) is 9.47 Å². The number of hydrogen-bond acceptors (Lipinski definition) is 5. The third kappa shape index (κ3) is 4.01. The summed E-state index contributed by atoms with van der Waals surface area (Å²) in [5.41, 5.74) is 3.54. The lowest BCUT2D eigenvalue weighted by Gasteiger charge is -2.18. The van der Waals surface area contributed by atoms with Gasteiger partial charge in [-0.25, -0.2) is 4.79 Å². The fourth-order valence-corrected chi connectivity index (χ4v) is 4.51. The Bertz CT molecular complexity index is 1060. The Morgan fingerprint density at radius 1 is 1.28 bits per heavy atom. The molecule has 0 bridgehead atoms. The van der Waals surface area contributed by atoms with Crippen LogP contribution in [0.5, 0.6) is 0 Å². The molecule has 0 radical (unpaired) electrons. The summed E-state index contributed by atoms with van der Waals surface area (Å²) in [7, 11) is 1.22. The van der Waals surface area contributed by atoms with Crippen LogP contribution in [0.1, 0.15) is 23.9 Å². The molecule has 152 valence electrons. The Balaban J connectivity index is 1.98. The molecular formula is C20H18BrClN2O4S. The minimum atomic E-state index is -0.976. The Morgan fingerprint density at radius 2 is 1.97 bits per heavy atom. The van der Waals surface area contributed by atoms with Gasteiger partial charge in [0.25, 0.3) is 11.1 Å². The summed E-state index contributed by atoms with van der Waals surface area (Å²) in [6, 6.07) is 6.61. The van der Waals surface area contributed by atoms with Crippen molar-refractivity contribution in [3.8, 4) is 5.69 Å². The maximum absolute atomic E-state index is 12.7. The maximum Gasteiger partial charge on any atom is 0.328 e. The van der Waals surface area contributed by atoms with Crippen molar-refractivity contribution in [3.63, 3.8) is 0 Å². The van der Waals surface area contributed by atoms with Gasteiger partial charge in [0.15, 0.2) is 0 Å². The Hall–Kier alpha value is -2.03. The van der Waals surface area contributed by atoms with Crippen LogP contribution < -0.4 is 0 Å². The minimum Gasteiger partial charge on any atom is -0.467 e. The Kier molecular flexibility index (Phi) is 6.26. The number of halogens is 2. The molecule has 1 aliphatic rings. The summed E-state index contributed by atoms with van der Waals surface area (Å²) in [6.45, 7) is 5.34. The summed E-state index contributed by atoms with van der Waals surface area (Å²) in [6.07, 6.45) is 1.67. The van der Waals surface area contributed by atoms with E-state index in [1.54, 1.807) is 6.08 Å². The zero-order valence-electron chi connectivity index (χ0n) is 16.2. The molecule has 1 fully saturated rings. The fourth-order valence-electron chi connectivity index (χ4n) is 3.19. The molecule has 0 unspecified atom stereocenters. The second kappa shape index (κ2) is 8.38. The van der Waals surface area contributed by atoms with Crippen molar-refractivity contribution in [1.29, 1.82) is 0 Å². The summed E-state index contributed by atoms with van der Waals surface area (Å²) in [5, 5.41) is 0.0992. The highest BCUT2D eigenvalue weighted by atomic mass is 79.9. The van der Waals surface area contributed by atoms with Crippen molar-refractivity contribution in [2.75, 3.05) is 7.11 Å². The molecule has 0 aliphatic carbocycles. The molecule has 0 spiro atoms. The number of ether oxygens (including phenoxy) is 1. The molecule has 1 saturated heterocycles. The Labute approximate surface area is 186 Å². The number of amides is 2. The van der Waals surface area contributed by atoms with Crippen LogP contribution in [0, 0.1) is 13.8 Å². The zero-order chi connectivity index (χ0) is 21.5. The van der Waals surface area contributed by atoms with Gasteiger partial charge < -0.3 is 9.30 Å². The molecule has 6 nitrogen and oxygen atoms in total. The van der Waals surface area contributed by atoms with Crippen LogP contribution in [-0.4, -0.2) is 39.7 Å². The van der Waals surface area contributed by atoms with Crippen LogP contribution in [-0.2, 0) is 14.3 Å². The zero-order valence-corrected chi connectivity index (χ0v) is 19.3. The molecule has 0 N–H and O–H groups in total. The first-order chi connectivity index (χ1) is 13.6. The van der Waals surface area contributed by atoms with E-state index in [0.717, 1.165) is 43.8 Å². The normalized spacial score (nSPS) is 16.6. The number of aryl methyl sites for hydroxylation is 1. The Morgan fingerprint density at radius 3 is 2.59 bits per heavy atom. The van der Waals surface area contributed by atoms with Gasteiger partial charge in [0, 0.05) is 21.5 Å². The number of thioether (sulfide) groups is 1. The monoisotopic (exact) mass is 496 g/mol. The number of nitrogens with zero attached hydrogens (tertiary/aromatic N) is 2. The summed E-state index contributed by atoms with van der Waals surface area (Å²) < 4.78 is 7.47. The maximum atomic E-state index is 12.7. The summed E-state index contributed by atoms with van der Waals surface area (Å²) in [4.78, 5) is 37.9. The molecule has 1 aromatic heterocycles. The number of rotatable bonds is 4. The first kappa shape index (κ1) is 21.7. The molecule has 2 aromatic rings. The number of carbonyl (C=O) groups excluding carboxylic acids is 3. The van der Waals surface area contributed by atoms with Gasteiger partial charge in [-0.15, -0.1) is 0 Å². The van der Waals surface area contributed by atoms with Crippen LogP contribution in [0.25, 0.3) is 11.8 Å². The SMILES string of the molecule is COC(=O)[C@H](C)N1C(=O)S/C(=C/c2cc(C)n(-c3ccc(Br)c(Cl)c3)c2C)C1=O. The third-order valence-corrected chi connectivity index (χ3v) is 6.79. The predicted octanol–water partition coefficient (Wildman–Crippen LogP) is 5.11. The van der Waals surface area contributed by atoms with Crippen LogP contribution in [0.15, 0.2) is 33.6 Å². The van der Waals surface area contributed by atoms with Gasteiger partial charge in [0.2, 0.25) is 0 Å².